The number of nitrogens with zero attached hydrogens (tertiary/aromatic N) is 1. The first-order chi connectivity index (χ1) is 8.69. The van der Waals surface area contributed by atoms with Gasteiger partial charge in [-0.25, -0.2) is 4.79 Å². The Hall–Kier alpha value is -0.970. The van der Waals surface area contributed by atoms with E-state index >= 15 is 0 Å². The van der Waals surface area contributed by atoms with Crippen molar-refractivity contribution in [2.45, 2.75) is 18.9 Å². The number of hydrogen-bond acceptors (Lipinski definition) is 2. The molecule has 1 aromatic carbocycles. The monoisotopic (exact) mass is 303 g/mol. The Kier molecular flexibility index (Phi) is 6.42. The molecule has 0 aromatic heterocycles. The number of rotatable bonds is 2. The molecule has 0 radical (unpaired) electrons. The number of halogens is 2. The van der Waals surface area contributed by atoms with Gasteiger partial charge >= 0.3 is 6.03 Å². The number of likely N-dealkylation sites (N-methyl/N-ethyl adjacent to an activating group) is 1. The first kappa shape index (κ1) is 16.1. The van der Waals surface area contributed by atoms with E-state index in [0.717, 1.165) is 31.6 Å². The lowest BCUT2D eigenvalue weighted by molar-refractivity contribution is 0.187. The highest BCUT2D eigenvalue weighted by atomic mass is 35.5. The molecule has 2 rings (SSSR count). The van der Waals surface area contributed by atoms with Crippen LogP contribution in [0.4, 0.5) is 10.5 Å². The molecule has 1 unspecified atom stereocenters. The normalized spacial score (nSPS) is 18.6. The van der Waals surface area contributed by atoms with E-state index in [-0.39, 0.29) is 18.4 Å². The van der Waals surface area contributed by atoms with Crippen molar-refractivity contribution in [3.05, 3.63) is 29.3 Å². The quantitative estimate of drug-likeness (QED) is 0.882. The molecule has 1 heterocycles. The SMILES string of the molecule is CNC1CCCN(C(=O)Nc2cccc(Cl)c2)C1.Cl. The van der Waals surface area contributed by atoms with Gasteiger partial charge in [0.15, 0.2) is 0 Å². The fourth-order valence-corrected chi connectivity index (χ4v) is 2.36. The Morgan fingerprint density at radius 1 is 1.47 bits per heavy atom. The summed E-state index contributed by atoms with van der Waals surface area (Å²) in [4.78, 5) is 13.9. The van der Waals surface area contributed by atoms with Crippen molar-refractivity contribution in [1.82, 2.24) is 10.2 Å². The van der Waals surface area contributed by atoms with Crippen LogP contribution in [0.1, 0.15) is 12.8 Å². The number of nitrogens with one attached hydrogen (secondary N) is 2. The summed E-state index contributed by atoms with van der Waals surface area (Å²) in [5.41, 5.74) is 0.735. The summed E-state index contributed by atoms with van der Waals surface area (Å²) in [6, 6.07) is 7.53. The number of hydrogen-bond donors (Lipinski definition) is 2. The molecule has 1 atom stereocenters. The van der Waals surface area contributed by atoms with Crippen molar-refractivity contribution in [1.29, 1.82) is 0 Å². The van der Waals surface area contributed by atoms with Crippen LogP contribution in [0.3, 0.4) is 0 Å². The van der Waals surface area contributed by atoms with Crippen LogP contribution in [0.25, 0.3) is 0 Å². The summed E-state index contributed by atoms with van der Waals surface area (Å²) in [6.45, 7) is 1.56. The zero-order valence-corrected chi connectivity index (χ0v) is 12.4. The Labute approximate surface area is 124 Å². The summed E-state index contributed by atoms with van der Waals surface area (Å²) >= 11 is 5.88. The van der Waals surface area contributed by atoms with Gasteiger partial charge in [-0.05, 0) is 38.1 Å². The van der Waals surface area contributed by atoms with Gasteiger partial charge in [-0.1, -0.05) is 17.7 Å². The summed E-state index contributed by atoms with van der Waals surface area (Å²) < 4.78 is 0. The van der Waals surface area contributed by atoms with Gasteiger partial charge < -0.3 is 15.5 Å². The summed E-state index contributed by atoms with van der Waals surface area (Å²) in [5.74, 6) is 0. The lowest BCUT2D eigenvalue weighted by Gasteiger charge is -2.32. The van der Waals surface area contributed by atoms with Crippen molar-refractivity contribution in [3.8, 4) is 0 Å². The lowest BCUT2D eigenvalue weighted by atomic mass is 10.1. The molecule has 1 aliphatic rings. The molecule has 1 aliphatic heterocycles. The average molecular weight is 304 g/mol. The van der Waals surface area contributed by atoms with Crippen molar-refractivity contribution in [3.63, 3.8) is 0 Å². The number of carbonyl (C=O) groups excluding carboxylic acids is 1. The molecule has 106 valence electrons. The maximum atomic E-state index is 12.1. The molecular weight excluding hydrogens is 285 g/mol. The molecule has 0 saturated carbocycles. The highest BCUT2D eigenvalue weighted by Gasteiger charge is 2.22. The Bertz CT molecular complexity index is 428. The minimum Gasteiger partial charge on any atom is -0.323 e. The molecular formula is C13H19Cl2N3O. The van der Waals surface area contributed by atoms with Crippen molar-refractivity contribution >= 4 is 35.7 Å². The Morgan fingerprint density at radius 3 is 2.95 bits per heavy atom. The van der Waals surface area contributed by atoms with Gasteiger partial charge in [-0.3, -0.25) is 0 Å². The zero-order valence-electron chi connectivity index (χ0n) is 10.9. The van der Waals surface area contributed by atoms with Gasteiger partial charge in [0.25, 0.3) is 0 Å². The lowest BCUT2D eigenvalue weighted by Crippen LogP contribution is -2.48. The molecule has 0 spiro atoms. The Balaban J connectivity index is 0.00000180. The van der Waals surface area contributed by atoms with Crippen LogP contribution >= 0.6 is 24.0 Å². The van der Waals surface area contributed by atoms with E-state index in [1.165, 1.54) is 0 Å². The molecule has 2 N–H and O–H groups in total. The number of amides is 2. The third kappa shape index (κ3) is 4.56. The van der Waals surface area contributed by atoms with E-state index in [1.807, 2.05) is 24.1 Å². The fraction of sp³-hybridized carbons (Fsp3) is 0.462. The number of urea groups is 1. The van der Waals surface area contributed by atoms with Gasteiger partial charge in [0.05, 0.1) is 0 Å². The van der Waals surface area contributed by atoms with E-state index in [2.05, 4.69) is 10.6 Å². The summed E-state index contributed by atoms with van der Waals surface area (Å²) in [6.07, 6.45) is 2.16. The average Bonchev–Trinajstić information content (AvgIpc) is 2.39. The number of anilines is 1. The summed E-state index contributed by atoms with van der Waals surface area (Å²) in [5, 5.41) is 6.72. The third-order valence-corrected chi connectivity index (χ3v) is 3.43. The maximum absolute atomic E-state index is 12.1. The number of likely N-dealkylation sites (tertiary alicyclic amines) is 1. The highest BCUT2D eigenvalue weighted by Crippen LogP contribution is 2.16. The van der Waals surface area contributed by atoms with Crippen LogP contribution in [0.2, 0.25) is 5.02 Å². The van der Waals surface area contributed by atoms with E-state index in [4.69, 9.17) is 11.6 Å². The topological polar surface area (TPSA) is 44.4 Å². The zero-order chi connectivity index (χ0) is 13.0. The van der Waals surface area contributed by atoms with Gasteiger partial charge in [0.2, 0.25) is 0 Å². The first-order valence-electron chi connectivity index (χ1n) is 6.18. The van der Waals surface area contributed by atoms with Crippen LogP contribution in [-0.4, -0.2) is 37.1 Å². The highest BCUT2D eigenvalue weighted by molar-refractivity contribution is 6.30. The van der Waals surface area contributed by atoms with Crippen LogP contribution < -0.4 is 10.6 Å². The van der Waals surface area contributed by atoms with Crippen LogP contribution in [0.5, 0.6) is 0 Å². The summed E-state index contributed by atoms with van der Waals surface area (Å²) in [7, 11) is 1.93. The molecule has 0 aliphatic carbocycles. The smallest absolute Gasteiger partial charge is 0.321 e. The van der Waals surface area contributed by atoms with Crippen LogP contribution in [0, 0.1) is 0 Å². The molecule has 1 saturated heterocycles. The second kappa shape index (κ2) is 7.58. The molecule has 0 bridgehead atoms. The Morgan fingerprint density at radius 2 is 2.26 bits per heavy atom. The molecule has 2 amide bonds. The second-order valence-electron chi connectivity index (χ2n) is 4.51. The number of benzene rings is 1. The predicted octanol–water partition coefficient (Wildman–Crippen LogP) is 2.98. The minimum absolute atomic E-state index is 0. The number of piperidine rings is 1. The number of carbonyl (C=O) groups is 1. The van der Waals surface area contributed by atoms with Gasteiger partial charge in [-0.15, -0.1) is 12.4 Å². The van der Waals surface area contributed by atoms with Gasteiger partial charge in [-0.2, -0.15) is 0 Å². The molecule has 6 heteroatoms. The predicted molar refractivity (Wildman–Crippen MR) is 81.4 cm³/mol. The molecule has 4 nitrogen and oxygen atoms in total. The third-order valence-electron chi connectivity index (χ3n) is 3.19. The van der Waals surface area contributed by atoms with E-state index in [9.17, 15) is 4.79 Å². The van der Waals surface area contributed by atoms with Crippen LogP contribution in [0.15, 0.2) is 24.3 Å². The first-order valence-corrected chi connectivity index (χ1v) is 6.55. The van der Waals surface area contributed by atoms with Crippen molar-refractivity contribution in [2.75, 3.05) is 25.5 Å². The van der Waals surface area contributed by atoms with E-state index in [1.54, 1.807) is 12.1 Å². The van der Waals surface area contributed by atoms with Gasteiger partial charge in [0.1, 0.15) is 0 Å². The largest absolute Gasteiger partial charge is 0.323 e. The van der Waals surface area contributed by atoms with Crippen molar-refractivity contribution < 1.29 is 4.79 Å². The second-order valence-corrected chi connectivity index (χ2v) is 4.95. The molecule has 1 fully saturated rings. The minimum atomic E-state index is -0.0581. The fourth-order valence-electron chi connectivity index (χ4n) is 2.17. The maximum Gasteiger partial charge on any atom is 0.321 e. The standard InChI is InChI=1S/C13H18ClN3O.ClH/c1-15-12-6-3-7-17(9-12)13(18)16-11-5-2-4-10(14)8-11;/h2,4-5,8,12,15H,3,6-7,9H2,1H3,(H,16,18);1H. The van der Waals surface area contributed by atoms with Crippen molar-refractivity contribution in [2.24, 2.45) is 0 Å². The molecule has 1 aromatic rings. The van der Waals surface area contributed by atoms with Crippen LogP contribution in [-0.2, 0) is 0 Å². The molecule has 19 heavy (non-hydrogen) atoms. The van der Waals surface area contributed by atoms with E-state index < -0.39 is 0 Å². The van der Waals surface area contributed by atoms with E-state index in [0.29, 0.717) is 11.1 Å². The van der Waals surface area contributed by atoms with Gasteiger partial charge in [0, 0.05) is 29.8 Å².